The highest BCUT2D eigenvalue weighted by Crippen LogP contribution is 2.41. The molecular weight excluding hydrogens is 422 g/mol. The van der Waals surface area contributed by atoms with Crippen molar-refractivity contribution in [3.63, 3.8) is 0 Å². The summed E-state index contributed by atoms with van der Waals surface area (Å²) in [4.78, 5) is 18.8. The number of anilines is 1. The predicted molar refractivity (Wildman–Crippen MR) is 115 cm³/mol. The van der Waals surface area contributed by atoms with Crippen LogP contribution in [0.3, 0.4) is 0 Å². The largest absolute Gasteiger partial charge is 0.493 e. The number of halogens is 1. The molecule has 31 heavy (non-hydrogen) atoms. The van der Waals surface area contributed by atoms with E-state index in [4.69, 9.17) is 30.3 Å². The molecule has 0 spiro atoms. The van der Waals surface area contributed by atoms with Crippen molar-refractivity contribution in [1.82, 2.24) is 10.1 Å². The highest BCUT2D eigenvalue weighted by Gasteiger charge is 2.35. The van der Waals surface area contributed by atoms with Crippen molar-refractivity contribution in [2.24, 2.45) is 0 Å². The van der Waals surface area contributed by atoms with Crippen LogP contribution < -0.4 is 19.1 Å². The molecule has 0 saturated carbocycles. The molecule has 162 valence electrons. The Bertz CT molecular complexity index is 1110. The number of amides is 1. The SMILES string of the molecule is COc1cc(-c2noc([C@@H]3CC(=O)N(c4ccc(C)c(Cl)c4)C3)n2)cc(OC)c1OC. The third kappa shape index (κ3) is 3.90. The van der Waals surface area contributed by atoms with Crippen LogP contribution in [0.1, 0.15) is 23.8 Å². The molecule has 0 bridgehead atoms. The molecule has 1 aliphatic rings. The van der Waals surface area contributed by atoms with Crippen molar-refractivity contribution in [3.05, 3.63) is 46.8 Å². The van der Waals surface area contributed by atoms with Gasteiger partial charge < -0.3 is 23.6 Å². The number of nitrogens with zero attached hydrogens (tertiary/aromatic N) is 3. The Morgan fingerprint density at radius 1 is 1.10 bits per heavy atom. The number of hydrogen-bond acceptors (Lipinski definition) is 7. The summed E-state index contributed by atoms with van der Waals surface area (Å²) in [5, 5.41) is 4.72. The second kappa shape index (κ2) is 8.47. The number of methoxy groups -OCH3 is 3. The molecule has 1 aromatic heterocycles. The van der Waals surface area contributed by atoms with Gasteiger partial charge in [-0.2, -0.15) is 4.98 Å². The monoisotopic (exact) mass is 443 g/mol. The molecule has 0 N–H and O–H groups in total. The van der Waals surface area contributed by atoms with Gasteiger partial charge in [0.25, 0.3) is 0 Å². The van der Waals surface area contributed by atoms with Crippen LogP contribution in [0.2, 0.25) is 5.02 Å². The zero-order valence-corrected chi connectivity index (χ0v) is 18.4. The molecule has 0 unspecified atom stereocenters. The third-order valence-corrected chi connectivity index (χ3v) is 5.71. The van der Waals surface area contributed by atoms with Gasteiger partial charge in [-0.1, -0.05) is 22.8 Å². The number of benzene rings is 2. The van der Waals surface area contributed by atoms with Crippen molar-refractivity contribution < 1.29 is 23.5 Å². The van der Waals surface area contributed by atoms with E-state index in [-0.39, 0.29) is 18.2 Å². The molecule has 2 aromatic carbocycles. The van der Waals surface area contributed by atoms with Gasteiger partial charge in [-0.05, 0) is 36.8 Å². The first kappa shape index (κ1) is 21.0. The average molecular weight is 444 g/mol. The van der Waals surface area contributed by atoms with Gasteiger partial charge in [-0.25, -0.2) is 0 Å². The summed E-state index contributed by atoms with van der Waals surface area (Å²) in [5.74, 6) is 2.00. The van der Waals surface area contributed by atoms with E-state index in [0.717, 1.165) is 11.3 Å². The van der Waals surface area contributed by atoms with Crippen LogP contribution in [0.15, 0.2) is 34.9 Å². The standard InChI is InChI=1S/C22H22ClN3O5/c1-12-5-6-15(10-16(12)23)26-11-14(9-19(26)27)22-24-21(25-31-22)13-7-17(28-2)20(30-4)18(8-13)29-3/h5-8,10,14H,9,11H2,1-4H3/t14-/m1/s1. The maximum Gasteiger partial charge on any atom is 0.232 e. The number of carbonyl (C=O) groups is 1. The van der Waals surface area contributed by atoms with Crippen LogP contribution >= 0.6 is 11.6 Å². The van der Waals surface area contributed by atoms with Gasteiger partial charge in [-0.3, -0.25) is 4.79 Å². The zero-order valence-electron chi connectivity index (χ0n) is 17.6. The Kier molecular flexibility index (Phi) is 5.73. The average Bonchev–Trinajstić information content (AvgIpc) is 3.41. The molecule has 9 heteroatoms. The van der Waals surface area contributed by atoms with E-state index in [1.807, 2.05) is 19.1 Å². The summed E-state index contributed by atoms with van der Waals surface area (Å²) < 4.78 is 21.6. The topological polar surface area (TPSA) is 86.9 Å². The van der Waals surface area contributed by atoms with E-state index in [0.29, 0.717) is 46.1 Å². The van der Waals surface area contributed by atoms with Crippen LogP contribution in [0.5, 0.6) is 17.2 Å². The molecule has 0 aliphatic carbocycles. The Morgan fingerprint density at radius 3 is 2.42 bits per heavy atom. The Hall–Kier alpha value is -3.26. The summed E-state index contributed by atoms with van der Waals surface area (Å²) in [6.07, 6.45) is 0.280. The zero-order chi connectivity index (χ0) is 22.1. The van der Waals surface area contributed by atoms with Crippen LogP contribution in [-0.2, 0) is 4.79 Å². The highest BCUT2D eigenvalue weighted by molar-refractivity contribution is 6.31. The summed E-state index contributed by atoms with van der Waals surface area (Å²) in [7, 11) is 4.62. The van der Waals surface area contributed by atoms with Crippen molar-refractivity contribution in [2.75, 3.05) is 32.8 Å². The van der Waals surface area contributed by atoms with Crippen molar-refractivity contribution in [3.8, 4) is 28.6 Å². The highest BCUT2D eigenvalue weighted by atomic mass is 35.5. The minimum absolute atomic E-state index is 0.0162. The van der Waals surface area contributed by atoms with Gasteiger partial charge in [0.2, 0.25) is 23.4 Å². The molecule has 1 atom stereocenters. The van der Waals surface area contributed by atoms with Gasteiger partial charge in [0.05, 0.1) is 27.2 Å². The molecule has 3 aromatic rings. The first-order chi connectivity index (χ1) is 14.9. The second-order valence-corrected chi connectivity index (χ2v) is 7.62. The molecule has 1 amide bonds. The van der Waals surface area contributed by atoms with Crippen LogP contribution in [-0.4, -0.2) is 43.9 Å². The van der Waals surface area contributed by atoms with Crippen LogP contribution in [0, 0.1) is 6.92 Å². The number of carbonyl (C=O) groups excluding carboxylic acids is 1. The summed E-state index contributed by atoms with van der Waals surface area (Å²) in [6, 6.07) is 9.07. The lowest BCUT2D eigenvalue weighted by Gasteiger charge is -2.17. The first-order valence-corrected chi connectivity index (χ1v) is 10.0. The lowest BCUT2D eigenvalue weighted by molar-refractivity contribution is -0.117. The number of aryl methyl sites for hydroxylation is 1. The fourth-order valence-corrected chi connectivity index (χ4v) is 3.78. The smallest absolute Gasteiger partial charge is 0.232 e. The number of hydrogen-bond donors (Lipinski definition) is 0. The van der Waals surface area contributed by atoms with Gasteiger partial charge >= 0.3 is 0 Å². The first-order valence-electron chi connectivity index (χ1n) is 9.65. The Morgan fingerprint density at radius 2 is 1.81 bits per heavy atom. The molecular formula is C22H22ClN3O5. The van der Waals surface area contributed by atoms with Gasteiger partial charge in [0, 0.05) is 29.2 Å². The molecule has 8 nitrogen and oxygen atoms in total. The van der Waals surface area contributed by atoms with E-state index in [2.05, 4.69) is 10.1 Å². The molecule has 1 fully saturated rings. The maximum absolute atomic E-state index is 12.6. The van der Waals surface area contributed by atoms with E-state index in [1.54, 1.807) is 37.3 Å². The summed E-state index contributed by atoms with van der Waals surface area (Å²) in [6.45, 7) is 2.36. The quantitative estimate of drug-likeness (QED) is 0.563. The van der Waals surface area contributed by atoms with Crippen molar-refractivity contribution in [1.29, 1.82) is 0 Å². The van der Waals surface area contributed by atoms with Gasteiger partial charge in [0.15, 0.2) is 11.5 Å². The lowest BCUT2D eigenvalue weighted by atomic mass is 10.1. The normalized spacial score (nSPS) is 16.0. The fourth-order valence-electron chi connectivity index (χ4n) is 3.60. The van der Waals surface area contributed by atoms with Crippen molar-refractivity contribution in [2.45, 2.75) is 19.3 Å². The molecule has 4 rings (SSSR count). The number of rotatable bonds is 6. The van der Waals surface area contributed by atoms with E-state index < -0.39 is 0 Å². The summed E-state index contributed by atoms with van der Waals surface area (Å²) in [5.41, 5.74) is 2.36. The maximum atomic E-state index is 12.6. The number of aromatic nitrogens is 2. The predicted octanol–water partition coefficient (Wildman–Crippen LogP) is 4.24. The van der Waals surface area contributed by atoms with Gasteiger partial charge in [0.1, 0.15) is 0 Å². The minimum Gasteiger partial charge on any atom is -0.493 e. The third-order valence-electron chi connectivity index (χ3n) is 5.31. The fraction of sp³-hybridized carbons (Fsp3) is 0.318. The van der Waals surface area contributed by atoms with Crippen LogP contribution in [0.4, 0.5) is 5.69 Å². The van der Waals surface area contributed by atoms with E-state index in [1.165, 1.54) is 7.11 Å². The molecule has 0 radical (unpaired) electrons. The second-order valence-electron chi connectivity index (χ2n) is 7.21. The summed E-state index contributed by atoms with van der Waals surface area (Å²) >= 11 is 6.23. The Labute approximate surface area is 184 Å². The number of ether oxygens (including phenoxy) is 3. The minimum atomic E-state index is -0.212. The van der Waals surface area contributed by atoms with Crippen molar-refractivity contribution >= 4 is 23.2 Å². The van der Waals surface area contributed by atoms with E-state index in [9.17, 15) is 4.79 Å². The lowest BCUT2D eigenvalue weighted by Crippen LogP contribution is -2.24. The molecule has 2 heterocycles. The van der Waals surface area contributed by atoms with Crippen LogP contribution in [0.25, 0.3) is 11.4 Å². The van der Waals surface area contributed by atoms with Gasteiger partial charge in [-0.15, -0.1) is 0 Å². The van der Waals surface area contributed by atoms with E-state index >= 15 is 0 Å². The molecule has 1 aliphatic heterocycles. The Balaban J connectivity index is 1.59. The molecule has 1 saturated heterocycles.